The molecule has 0 N–H and O–H groups in total. The number of unbranched alkanes of at least 4 members (excludes halogenated alkanes) is 5. The lowest BCUT2D eigenvalue weighted by Crippen LogP contribution is -2.61. The summed E-state index contributed by atoms with van der Waals surface area (Å²) in [4.78, 5) is 11.4. The van der Waals surface area contributed by atoms with Crippen molar-refractivity contribution in [3.63, 3.8) is 0 Å². The van der Waals surface area contributed by atoms with Crippen molar-refractivity contribution in [3.05, 3.63) is 144 Å². The van der Waals surface area contributed by atoms with Gasteiger partial charge in [0.1, 0.15) is 24.4 Å². The Balaban J connectivity index is 1.32. The van der Waals surface area contributed by atoms with Crippen LogP contribution in [-0.4, -0.2) is 57.0 Å². The highest BCUT2D eigenvalue weighted by molar-refractivity contribution is 5.68. The van der Waals surface area contributed by atoms with Gasteiger partial charge in [-0.15, -0.1) is 0 Å². The van der Waals surface area contributed by atoms with E-state index in [4.69, 9.17) is 33.2 Å². The van der Waals surface area contributed by atoms with Gasteiger partial charge in [0.05, 0.1) is 40.1 Å². The highest BCUT2D eigenvalue weighted by Gasteiger charge is 2.49. The molecule has 1 saturated heterocycles. The number of methoxy groups -OCH3 is 1. The summed E-state index contributed by atoms with van der Waals surface area (Å²) >= 11 is 0. The van der Waals surface area contributed by atoms with E-state index in [0.29, 0.717) is 39.5 Å². The van der Waals surface area contributed by atoms with Crippen LogP contribution in [0.1, 0.15) is 67.2 Å². The van der Waals surface area contributed by atoms with Crippen LogP contribution in [0, 0.1) is 0 Å². The van der Waals surface area contributed by atoms with Gasteiger partial charge >= 0.3 is 5.97 Å². The van der Waals surface area contributed by atoms with Crippen molar-refractivity contribution in [1.29, 1.82) is 0 Å². The molecule has 0 saturated carbocycles. The van der Waals surface area contributed by atoms with Crippen molar-refractivity contribution >= 4 is 5.97 Å². The minimum absolute atomic E-state index is 0.146. The third-order valence-electron chi connectivity index (χ3n) is 9.13. The molecule has 8 heteroatoms. The molecule has 278 valence electrons. The first-order valence-electron chi connectivity index (χ1n) is 18.6. The summed E-state index contributed by atoms with van der Waals surface area (Å²) in [6.45, 7) is 2.37. The third-order valence-corrected chi connectivity index (χ3v) is 9.13. The van der Waals surface area contributed by atoms with Gasteiger partial charge in [0.2, 0.25) is 0 Å². The SMILES string of the molecule is COC(=O)CCCCCCCCO[C@@H]1O[C@H](COCc2ccccc2)[C@@H](OCc2ccccc2)[C@H](OCc2ccccc2)[C@@H]1OCc1ccccc1. The Labute approximate surface area is 309 Å². The summed E-state index contributed by atoms with van der Waals surface area (Å²) in [5.41, 5.74) is 4.24. The van der Waals surface area contributed by atoms with Gasteiger partial charge in [-0.05, 0) is 35.1 Å². The zero-order valence-electron chi connectivity index (χ0n) is 30.4. The average molecular weight is 711 g/mol. The summed E-state index contributed by atoms with van der Waals surface area (Å²) in [6, 6.07) is 40.5. The van der Waals surface area contributed by atoms with Crippen molar-refractivity contribution in [2.75, 3.05) is 20.3 Å². The Kier molecular flexibility index (Phi) is 17.3. The number of carbonyl (C=O) groups is 1. The molecular weight excluding hydrogens is 656 g/mol. The van der Waals surface area contributed by atoms with Crippen molar-refractivity contribution in [2.45, 2.75) is 102 Å². The van der Waals surface area contributed by atoms with E-state index in [2.05, 4.69) is 36.4 Å². The molecule has 0 spiro atoms. The van der Waals surface area contributed by atoms with Crippen LogP contribution in [0.15, 0.2) is 121 Å². The number of carbonyl (C=O) groups excluding carboxylic acids is 1. The number of ether oxygens (including phenoxy) is 7. The van der Waals surface area contributed by atoms with Gasteiger partial charge in [0.25, 0.3) is 0 Å². The molecule has 0 amide bonds. The van der Waals surface area contributed by atoms with E-state index >= 15 is 0 Å². The predicted octanol–water partition coefficient (Wildman–Crippen LogP) is 8.60. The topological polar surface area (TPSA) is 81.7 Å². The molecule has 5 rings (SSSR count). The first kappa shape index (κ1) is 39.3. The average Bonchev–Trinajstić information content (AvgIpc) is 3.20. The molecule has 4 aromatic carbocycles. The molecule has 1 aliphatic heterocycles. The van der Waals surface area contributed by atoms with Gasteiger partial charge in [0, 0.05) is 13.0 Å². The lowest BCUT2D eigenvalue weighted by molar-refractivity contribution is -0.328. The van der Waals surface area contributed by atoms with Crippen LogP contribution in [0.3, 0.4) is 0 Å². The van der Waals surface area contributed by atoms with Crippen molar-refractivity contribution < 1.29 is 38.0 Å². The Hall–Kier alpha value is -3.89. The number of esters is 1. The van der Waals surface area contributed by atoms with Gasteiger partial charge in [0.15, 0.2) is 6.29 Å². The summed E-state index contributed by atoms with van der Waals surface area (Å²) in [5.74, 6) is -0.146. The van der Waals surface area contributed by atoms with Crippen LogP contribution in [0.4, 0.5) is 0 Å². The van der Waals surface area contributed by atoms with Crippen LogP contribution in [0.5, 0.6) is 0 Å². The van der Waals surface area contributed by atoms with Gasteiger partial charge in [-0.1, -0.05) is 147 Å². The summed E-state index contributed by atoms with van der Waals surface area (Å²) in [6.07, 6.45) is 3.57. The molecule has 1 aliphatic rings. The van der Waals surface area contributed by atoms with Crippen molar-refractivity contribution in [2.24, 2.45) is 0 Å². The molecule has 8 nitrogen and oxygen atoms in total. The molecule has 52 heavy (non-hydrogen) atoms. The lowest BCUT2D eigenvalue weighted by Gasteiger charge is -2.46. The second kappa shape index (κ2) is 22.9. The molecule has 0 aromatic heterocycles. The van der Waals surface area contributed by atoms with Crippen LogP contribution < -0.4 is 0 Å². The van der Waals surface area contributed by atoms with Gasteiger partial charge in [-0.25, -0.2) is 0 Å². The normalized spacial score (nSPS) is 20.1. The van der Waals surface area contributed by atoms with E-state index < -0.39 is 30.7 Å². The summed E-state index contributed by atoms with van der Waals surface area (Å²) < 4.78 is 44.6. The minimum Gasteiger partial charge on any atom is -0.469 e. The van der Waals surface area contributed by atoms with E-state index in [0.717, 1.165) is 60.8 Å². The number of benzene rings is 4. The minimum atomic E-state index is -0.702. The fourth-order valence-corrected chi connectivity index (χ4v) is 6.26. The molecule has 0 aliphatic carbocycles. The zero-order chi connectivity index (χ0) is 36.1. The first-order valence-corrected chi connectivity index (χ1v) is 18.6. The molecule has 0 radical (unpaired) electrons. The van der Waals surface area contributed by atoms with Gasteiger partial charge in [-0.3, -0.25) is 4.79 Å². The number of rotatable bonds is 23. The maximum Gasteiger partial charge on any atom is 0.305 e. The van der Waals surface area contributed by atoms with E-state index in [1.54, 1.807) is 0 Å². The van der Waals surface area contributed by atoms with Crippen LogP contribution in [0.25, 0.3) is 0 Å². The lowest BCUT2D eigenvalue weighted by atomic mass is 9.97. The van der Waals surface area contributed by atoms with Gasteiger partial charge < -0.3 is 33.2 Å². The predicted molar refractivity (Wildman–Crippen MR) is 200 cm³/mol. The molecule has 5 atom stereocenters. The van der Waals surface area contributed by atoms with Crippen molar-refractivity contribution in [1.82, 2.24) is 0 Å². The Bertz CT molecular complexity index is 1500. The Morgan fingerprint density at radius 3 is 1.48 bits per heavy atom. The summed E-state index contributed by atoms with van der Waals surface area (Å²) in [5, 5.41) is 0. The van der Waals surface area contributed by atoms with Crippen LogP contribution >= 0.6 is 0 Å². The first-order chi connectivity index (χ1) is 25.7. The monoisotopic (exact) mass is 710 g/mol. The largest absolute Gasteiger partial charge is 0.469 e. The van der Waals surface area contributed by atoms with E-state index in [1.165, 1.54) is 7.11 Å². The third kappa shape index (κ3) is 13.6. The van der Waals surface area contributed by atoms with Gasteiger partial charge in [-0.2, -0.15) is 0 Å². The molecule has 0 unspecified atom stereocenters. The fourth-order valence-electron chi connectivity index (χ4n) is 6.26. The van der Waals surface area contributed by atoms with E-state index in [1.807, 2.05) is 84.9 Å². The number of hydrogen-bond acceptors (Lipinski definition) is 8. The summed E-state index contributed by atoms with van der Waals surface area (Å²) in [7, 11) is 1.44. The van der Waals surface area contributed by atoms with Crippen LogP contribution in [0.2, 0.25) is 0 Å². The Morgan fingerprint density at radius 1 is 0.519 bits per heavy atom. The second-order valence-electron chi connectivity index (χ2n) is 13.1. The highest BCUT2D eigenvalue weighted by atomic mass is 16.7. The molecular formula is C44H54O8. The molecule has 1 heterocycles. The molecule has 4 aromatic rings. The van der Waals surface area contributed by atoms with E-state index in [-0.39, 0.29) is 12.6 Å². The maximum absolute atomic E-state index is 11.4. The second-order valence-corrected chi connectivity index (χ2v) is 13.1. The van der Waals surface area contributed by atoms with E-state index in [9.17, 15) is 4.79 Å². The quantitative estimate of drug-likeness (QED) is 0.0560. The molecule has 0 bridgehead atoms. The fraction of sp³-hybridized carbons (Fsp3) is 0.432. The zero-order valence-corrected chi connectivity index (χ0v) is 30.4. The smallest absolute Gasteiger partial charge is 0.305 e. The standard InChI is InChI=1S/C44H54O8/c1-46-40(45)28-18-4-2-3-5-19-29-48-44-43(51-33-38-26-16-9-17-27-38)42(50-32-37-24-14-8-15-25-37)41(49-31-36-22-12-7-13-23-36)39(52-44)34-47-30-35-20-10-6-11-21-35/h6-17,20-27,39,41-44H,2-5,18-19,28-34H2,1H3/t39-,41-,42+,43+,44-/m1/s1. The number of hydrogen-bond donors (Lipinski definition) is 0. The maximum atomic E-state index is 11.4. The van der Waals surface area contributed by atoms with Crippen molar-refractivity contribution in [3.8, 4) is 0 Å². The molecule has 1 fully saturated rings. The highest BCUT2D eigenvalue weighted by Crippen LogP contribution is 2.32. The van der Waals surface area contributed by atoms with Crippen LogP contribution in [-0.2, 0) is 64.4 Å². The Morgan fingerprint density at radius 2 is 0.962 bits per heavy atom.